The summed E-state index contributed by atoms with van der Waals surface area (Å²) in [5.74, 6) is -3.44. The van der Waals surface area contributed by atoms with Gasteiger partial charge in [0.15, 0.2) is 0 Å². The zero-order valence-electron chi connectivity index (χ0n) is 18.8. The summed E-state index contributed by atoms with van der Waals surface area (Å²) >= 11 is 11.6. The number of carbonyl (C=O) groups is 2. The molecule has 0 radical (unpaired) electrons. The second-order valence-corrected chi connectivity index (χ2v) is 7.72. The first-order chi connectivity index (χ1) is 16.4. The molecular formula is C23H24Cl2FN3O6. The molecule has 0 unspecified atom stereocenters. The average Bonchev–Trinajstić information content (AvgIpc) is 2.83. The van der Waals surface area contributed by atoms with E-state index >= 15 is 0 Å². The third kappa shape index (κ3) is 9.87. The summed E-state index contributed by atoms with van der Waals surface area (Å²) in [6, 6.07) is 4.74. The van der Waals surface area contributed by atoms with Gasteiger partial charge in [0.05, 0.1) is 42.3 Å². The Morgan fingerprint density at radius 3 is 1.80 bits per heavy atom. The first kappa shape index (κ1) is 31.8. The van der Waals surface area contributed by atoms with E-state index < -0.39 is 37.1 Å². The molecule has 0 aliphatic carbocycles. The number of carboxylic acid groups (broad SMARTS) is 2. The number of hydrogen-bond acceptors (Lipinski definition) is 5. The number of carboxylic acids is 2. The molecule has 2 rings (SSSR count). The van der Waals surface area contributed by atoms with Gasteiger partial charge in [0, 0.05) is 0 Å². The van der Waals surface area contributed by atoms with E-state index in [-0.39, 0.29) is 17.3 Å². The molecule has 2 aromatic carbocycles. The highest BCUT2D eigenvalue weighted by atomic mass is 35.5. The molecular weight excluding hydrogens is 504 g/mol. The van der Waals surface area contributed by atoms with Gasteiger partial charge in [-0.2, -0.15) is 0 Å². The third-order valence-electron chi connectivity index (χ3n) is 4.57. The molecule has 0 saturated heterocycles. The van der Waals surface area contributed by atoms with Crippen LogP contribution in [-0.4, -0.2) is 51.6 Å². The minimum Gasteiger partial charge on any atom is -0.481 e. The van der Waals surface area contributed by atoms with Gasteiger partial charge in [-0.1, -0.05) is 41.4 Å². The van der Waals surface area contributed by atoms with Gasteiger partial charge in [0.1, 0.15) is 11.9 Å². The van der Waals surface area contributed by atoms with Crippen LogP contribution in [0.3, 0.4) is 0 Å². The van der Waals surface area contributed by atoms with Crippen molar-refractivity contribution in [1.82, 2.24) is 0 Å². The Balaban J connectivity index is 0.000000550. The molecule has 0 amide bonds. The lowest BCUT2D eigenvalue weighted by molar-refractivity contribution is -0.143. The quantitative estimate of drug-likeness (QED) is 0.354. The monoisotopic (exact) mass is 527 g/mol. The molecule has 0 aliphatic heterocycles. The standard InChI is InChI=1S/C12H12ClNO3.C8H5ClFN.C3H7NO3/c1-7-8(5-9(6-15)12(16)17)3-4-10(14-2)11(7)13;1-5-6(10)3-4-7(11-2)8(5)9;4-2(1-5)3(6)7/h3-4,9,15H,5-6H2,1H3,(H,16,17);3-4H,1H3;2,5H,1,4H2,(H,6,7)/t9-;;2-/m1.1/s1. The predicted molar refractivity (Wildman–Crippen MR) is 129 cm³/mol. The fourth-order valence-electron chi connectivity index (χ4n) is 2.33. The number of benzene rings is 2. The van der Waals surface area contributed by atoms with Crippen LogP contribution in [0.4, 0.5) is 15.8 Å². The van der Waals surface area contributed by atoms with Gasteiger partial charge in [-0.15, -0.1) is 0 Å². The van der Waals surface area contributed by atoms with Gasteiger partial charge in [-0.25, -0.2) is 14.1 Å². The molecule has 9 nitrogen and oxygen atoms in total. The Morgan fingerprint density at radius 2 is 1.43 bits per heavy atom. The number of aliphatic hydroxyl groups is 2. The highest BCUT2D eigenvalue weighted by Crippen LogP contribution is 2.31. The van der Waals surface area contributed by atoms with Crippen LogP contribution in [0.1, 0.15) is 16.7 Å². The summed E-state index contributed by atoms with van der Waals surface area (Å²) in [6.45, 7) is 15.9. The molecule has 0 bridgehead atoms. The van der Waals surface area contributed by atoms with E-state index in [1.807, 2.05) is 0 Å². The van der Waals surface area contributed by atoms with Crippen LogP contribution in [0.2, 0.25) is 10.0 Å². The topological polar surface area (TPSA) is 150 Å². The van der Waals surface area contributed by atoms with Gasteiger partial charge >= 0.3 is 11.9 Å². The van der Waals surface area contributed by atoms with Crippen LogP contribution >= 0.6 is 23.2 Å². The van der Waals surface area contributed by atoms with Gasteiger partial charge < -0.3 is 26.2 Å². The normalized spacial score (nSPS) is 11.4. The smallest absolute Gasteiger partial charge is 0.322 e. The van der Waals surface area contributed by atoms with Crippen LogP contribution < -0.4 is 5.73 Å². The molecule has 0 aliphatic rings. The van der Waals surface area contributed by atoms with Crippen molar-refractivity contribution in [2.75, 3.05) is 13.2 Å². The van der Waals surface area contributed by atoms with Crippen molar-refractivity contribution in [3.05, 3.63) is 79.7 Å². The Labute approximate surface area is 211 Å². The van der Waals surface area contributed by atoms with Gasteiger partial charge in [0.2, 0.25) is 11.4 Å². The molecule has 2 atom stereocenters. The molecule has 6 N–H and O–H groups in total. The summed E-state index contributed by atoms with van der Waals surface area (Å²) in [6.07, 6.45) is 0.204. The second kappa shape index (κ2) is 15.6. The molecule has 0 aromatic heterocycles. The van der Waals surface area contributed by atoms with Crippen molar-refractivity contribution in [3.8, 4) is 0 Å². The summed E-state index contributed by atoms with van der Waals surface area (Å²) < 4.78 is 12.7. The van der Waals surface area contributed by atoms with E-state index in [2.05, 4.69) is 9.69 Å². The number of aliphatic carboxylic acids is 2. The lowest BCUT2D eigenvalue weighted by Gasteiger charge is -2.13. The fourth-order valence-corrected chi connectivity index (χ4v) is 2.75. The summed E-state index contributed by atoms with van der Waals surface area (Å²) in [7, 11) is 0. The Hall–Kier alpha value is -3.25. The highest BCUT2D eigenvalue weighted by Gasteiger charge is 2.19. The van der Waals surface area contributed by atoms with E-state index in [0.29, 0.717) is 27.5 Å². The zero-order chi connectivity index (χ0) is 27.3. The van der Waals surface area contributed by atoms with Gasteiger partial charge in [-0.3, -0.25) is 9.59 Å². The third-order valence-corrected chi connectivity index (χ3v) is 5.52. The second-order valence-electron chi connectivity index (χ2n) is 6.96. The molecule has 0 fully saturated rings. The van der Waals surface area contributed by atoms with Crippen LogP contribution in [0.25, 0.3) is 9.69 Å². The SMILES string of the molecule is N[C@H](CO)C(=O)O.[C-]#[N+]c1ccc(C[C@H](CO)C(=O)O)c(C)c1Cl.[C-]#[N+]c1ccc(F)c(C)c1Cl. The minimum absolute atomic E-state index is 0.204. The van der Waals surface area contributed by atoms with Gasteiger partial charge in [-0.05, 0) is 43.0 Å². The predicted octanol–water partition coefficient (Wildman–Crippen LogP) is 4.16. The van der Waals surface area contributed by atoms with Crippen LogP contribution in [0.15, 0.2) is 24.3 Å². The minimum atomic E-state index is -1.18. The van der Waals surface area contributed by atoms with Crippen LogP contribution in [0, 0.1) is 38.7 Å². The van der Waals surface area contributed by atoms with Crippen molar-refractivity contribution >= 4 is 46.5 Å². The maximum absolute atomic E-state index is 12.7. The first-order valence-electron chi connectivity index (χ1n) is 9.76. The number of nitrogens with zero attached hydrogens (tertiary/aromatic N) is 2. The fraction of sp³-hybridized carbons (Fsp3) is 0.304. The first-order valence-corrected chi connectivity index (χ1v) is 10.5. The largest absolute Gasteiger partial charge is 0.481 e. The number of halogens is 3. The van der Waals surface area contributed by atoms with Crippen molar-refractivity contribution in [1.29, 1.82) is 0 Å². The molecule has 35 heavy (non-hydrogen) atoms. The lowest BCUT2D eigenvalue weighted by Crippen LogP contribution is -2.33. The summed E-state index contributed by atoms with van der Waals surface area (Å²) in [5, 5.41) is 34.3. The maximum atomic E-state index is 12.7. The number of nitrogens with two attached hydrogens (primary N) is 1. The Bertz CT molecular complexity index is 1130. The van der Waals surface area contributed by atoms with Crippen molar-refractivity contribution in [2.45, 2.75) is 26.3 Å². The van der Waals surface area contributed by atoms with E-state index in [4.69, 9.17) is 62.5 Å². The van der Waals surface area contributed by atoms with Crippen molar-refractivity contribution in [2.24, 2.45) is 11.7 Å². The average molecular weight is 528 g/mol. The molecule has 0 heterocycles. The van der Waals surface area contributed by atoms with Crippen molar-refractivity contribution < 1.29 is 34.4 Å². The number of hydrogen-bond donors (Lipinski definition) is 5. The molecule has 0 saturated carbocycles. The molecule has 0 spiro atoms. The molecule has 2 aromatic rings. The maximum Gasteiger partial charge on any atom is 0.322 e. The van der Waals surface area contributed by atoms with E-state index in [1.165, 1.54) is 12.1 Å². The summed E-state index contributed by atoms with van der Waals surface area (Å²) in [4.78, 5) is 26.8. The zero-order valence-corrected chi connectivity index (χ0v) is 20.3. The molecule has 188 valence electrons. The number of aliphatic hydroxyl groups excluding tert-OH is 2. The van der Waals surface area contributed by atoms with E-state index in [0.717, 1.165) is 5.56 Å². The van der Waals surface area contributed by atoms with Gasteiger partial charge in [0.25, 0.3) is 0 Å². The Kier molecular flexibility index (Phi) is 14.2. The highest BCUT2D eigenvalue weighted by molar-refractivity contribution is 6.34. The van der Waals surface area contributed by atoms with E-state index in [1.54, 1.807) is 26.0 Å². The summed E-state index contributed by atoms with van der Waals surface area (Å²) in [5.41, 5.74) is 7.18. The molecule has 12 heteroatoms. The van der Waals surface area contributed by atoms with E-state index in [9.17, 15) is 14.0 Å². The van der Waals surface area contributed by atoms with Crippen LogP contribution in [-0.2, 0) is 16.0 Å². The van der Waals surface area contributed by atoms with Crippen LogP contribution in [0.5, 0.6) is 0 Å². The van der Waals surface area contributed by atoms with Crippen molar-refractivity contribution in [3.63, 3.8) is 0 Å². The number of rotatable bonds is 6. The Morgan fingerprint density at radius 1 is 0.943 bits per heavy atom. The lowest BCUT2D eigenvalue weighted by atomic mass is 9.96.